The van der Waals surface area contributed by atoms with E-state index >= 15 is 0 Å². The lowest BCUT2D eigenvalue weighted by atomic mass is 9.84. The maximum atomic E-state index is 2.36. The summed E-state index contributed by atoms with van der Waals surface area (Å²) in [5.74, 6) is 0. The van der Waals surface area contributed by atoms with E-state index in [-0.39, 0.29) is 0 Å². The van der Waals surface area contributed by atoms with Crippen molar-refractivity contribution in [3.05, 3.63) is 158 Å². The Morgan fingerprint density at radius 3 is 1.65 bits per heavy atom. The quantitative estimate of drug-likeness (QED) is 0.173. The molecule has 2 aromatic heterocycles. The smallest absolute Gasteiger partial charge is 0.0442 e. The van der Waals surface area contributed by atoms with Crippen molar-refractivity contribution in [3.63, 3.8) is 0 Å². The second kappa shape index (κ2) is 10.1. The fraction of sp³-hybridized carbons (Fsp3) is 0. The fourth-order valence-corrected chi connectivity index (χ4v) is 9.99. The van der Waals surface area contributed by atoms with Crippen LogP contribution in [0.4, 0.5) is 0 Å². The van der Waals surface area contributed by atoms with Crippen LogP contribution in [0.5, 0.6) is 0 Å². The fourth-order valence-electron chi connectivity index (χ4n) is 7.47. The summed E-state index contributed by atoms with van der Waals surface area (Å²) in [6.07, 6.45) is 0. The molecule has 10 rings (SSSR count). The highest BCUT2D eigenvalue weighted by molar-refractivity contribution is 7.28. The first kappa shape index (κ1) is 26.0. The largest absolute Gasteiger partial charge is 0.135 e. The third-order valence-corrected chi connectivity index (χ3v) is 11.9. The summed E-state index contributed by atoms with van der Waals surface area (Å²) >= 11 is 3.84. The number of hydrogen-bond acceptors (Lipinski definition) is 2. The molecule has 0 unspecified atom stereocenters. The lowest BCUT2D eigenvalue weighted by Crippen LogP contribution is -1.91. The SMILES string of the molecule is c1ccc(-c2cc3ccc4sc5c(-c6c7ccccc7c(-c7cccc8ccccc78)c7ccccc67)cccc5c4c3s2)cc1. The summed E-state index contributed by atoms with van der Waals surface area (Å²) in [6.45, 7) is 0. The highest BCUT2D eigenvalue weighted by Crippen LogP contribution is 2.50. The second-order valence-corrected chi connectivity index (χ2v) is 14.1. The first-order valence-corrected chi connectivity index (χ1v) is 17.3. The first-order chi connectivity index (χ1) is 22.8. The van der Waals surface area contributed by atoms with E-state index in [1.165, 1.54) is 95.3 Å². The van der Waals surface area contributed by atoms with Gasteiger partial charge in [-0.1, -0.05) is 146 Å². The van der Waals surface area contributed by atoms with Gasteiger partial charge in [-0.15, -0.1) is 22.7 Å². The summed E-state index contributed by atoms with van der Waals surface area (Å²) in [6, 6.07) is 58.2. The van der Waals surface area contributed by atoms with Crippen LogP contribution in [0.2, 0.25) is 0 Å². The van der Waals surface area contributed by atoms with Crippen molar-refractivity contribution in [1.29, 1.82) is 0 Å². The molecule has 8 aromatic carbocycles. The zero-order chi connectivity index (χ0) is 30.2. The zero-order valence-electron chi connectivity index (χ0n) is 24.8. The van der Waals surface area contributed by atoms with Gasteiger partial charge < -0.3 is 0 Å². The number of fused-ring (bicyclic) bond motifs is 8. The molecule has 10 aromatic rings. The first-order valence-electron chi connectivity index (χ1n) is 15.7. The van der Waals surface area contributed by atoms with Crippen LogP contribution in [-0.4, -0.2) is 0 Å². The van der Waals surface area contributed by atoms with Gasteiger partial charge in [-0.05, 0) is 72.1 Å². The Labute approximate surface area is 274 Å². The normalized spacial score (nSPS) is 11.9. The monoisotopic (exact) mass is 618 g/mol. The van der Waals surface area contributed by atoms with Crippen LogP contribution in [0.15, 0.2) is 158 Å². The van der Waals surface area contributed by atoms with Gasteiger partial charge in [-0.2, -0.15) is 0 Å². The third-order valence-electron chi connectivity index (χ3n) is 9.46. The zero-order valence-corrected chi connectivity index (χ0v) is 26.5. The molecule has 0 aliphatic carbocycles. The van der Waals surface area contributed by atoms with E-state index in [9.17, 15) is 0 Å². The Kier molecular flexibility index (Phi) is 5.72. The van der Waals surface area contributed by atoms with Crippen molar-refractivity contribution in [2.45, 2.75) is 0 Å². The maximum Gasteiger partial charge on any atom is 0.0442 e. The molecule has 0 aliphatic rings. The molecule has 0 fully saturated rings. The molecule has 0 saturated heterocycles. The van der Waals surface area contributed by atoms with Gasteiger partial charge in [0.2, 0.25) is 0 Å². The summed E-state index contributed by atoms with van der Waals surface area (Å²) in [7, 11) is 0. The van der Waals surface area contributed by atoms with Crippen LogP contribution in [0, 0.1) is 0 Å². The molecule has 0 amide bonds. The van der Waals surface area contributed by atoms with E-state index < -0.39 is 0 Å². The summed E-state index contributed by atoms with van der Waals surface area (Å²) in [5, 5.41) is 11.8. The molecule has 0 saturated carbocycles. The Morgan fingerprint density at radius 2 is 0.913 bits per heavy atom. The second-order valence-electron chi connectivity index (χ2n) is 12.0. The average molecular weight is 619 g/mol. The van der Waals surface area contributed by atoms with Crippen LogP contribution < -0.4 is 0 Å². The minimum absolute atomic E-state index is 1.27. The van der Waals surface area contributed by atoms with Gasteiger partial charge in [0.05, 0.1) is 0 Å². The maximum absolute atomic E-state index is 2.36. The third kappa shape index (κ3) is 3.78. The van der Waals surface area contributed by atoms with Gasteiger partial charge in [0.1, 0.15) is 0 Å². The average Bonchev–Trinajstić information content (AvgIpc) is 3.73. The minimum Gasteiger partial charge on any atom is -0.135 e. The lowest BCUT2D eigenvalue weighted by molar-refractivity contribution is 1.69. The van der Waals surface area contributed by atoms with Crippen LogP contribution in [0.1, 0.15) is 0 Å². The predicted octanol–water partition coefficient (Wildman–Crippen LogP) is 13.7. The molecule has 0 N–H and O–H groups in total. The van der Waals surface area contributed by atoms with Gasteiger partial charge in [0.15, 0.2) is 0 Å². The van der Waals surface area contributed by atoms with Gasteiger partial charge in [0.25, 0.3) is 0 Å². The Morgan fingerprint density at radius 1 is 0.348 bits per heavy atom. The Balaban J connectivity index is 1.30. The van der Waals surface area contributed by atoms with E-state index in [4.69, 9.17) is 0 Å². The molecule has 0 radical (unpaired) electrons. The van der Waals surface area contributed by atoms with Crippen molar-refractivity contribution in [2.24, 2.45) is 0 Å². The highest BCUT2D eigenvalue weighted by atomic mass is 32.1. The summed E-state index contributed by atoms with van der Waals surface area (Å²) in [5.41, 5.74) is 6.50. The molecule has 0 aliphatic heterocycles. The minimum atomic E-state index is 1.27. The molecule has 2 heterocycles. The van der Waals surface area contributed by atoms with Gasteiger partial charge in [-0.3, -0.25) is 0 Å². The molecule has 0 atom stereocenters. The standard InChI is InChI=1S/C44H26S2/c1-2-13-28(14-3-1)39-26-29-24-25-38-42(43(29)46-39)37-23-11-22-36(44(37)45-38)41-34-19-8-6-17-32(34)40(33-18-7-9-20-35(33)41)31-21-10-15-27-12-4-5-16-30(27)31/h1-26H. The van der Waals surface area contributed by atoms with Crippen LogP contribution in [0.3, 0.4) is 0 Å². The topological polar surface area (TPSA) is 0 Å². The highest BCUT2D eigenvalue weighted by Gasteiger charge is 2.21. The summed E-state index contributed by atoms with van der Waals surface area (Å²) in [4.78, 5) is 1.32. The van der Waals surface area contributed by atoms with Crippen molar-refractivity contribution in [1.82, 2.24) is 0 Å². The van der Waals surface area contributed by atoms with Crippen LogP contribution >= 0.6 is 22.7 Å². The van der Waals surface area contributed by atoms with E-state index in [1.54, 1.807) is 0 Å². The molecule has 2 heteroatoms. The Hall–Kier alpha value is -5.28. The van der Waals surface area contributed by atoms with Crippen LogP contribution in [0.25, 0.3) is 95.3 Å². The van der Waals surface area contributed by atoms with Gasteiger partial charge in [-0.25, -0.2) is 0 Å². The van der Waals surface area contributed by atoms with Crippen molar-refractivity contribution in [2.75, 3.05) is 0 Å². The van der Waals surface area contributed by atoms with E-state index in [1.807, 2.05) is 22.7 Å². The molecule has 0 spiro atoms. The number of hydrogen-bond donors (Lipinski definition) is 0. The molecule has 0 nitrogen and oxygen atoms in total. The van der Waals surface area contributed by atoms with Gasteiger partial charge >= 0.3 is 0 Å². The molecule has 214 valence electrons. The Bertz CT molecular complexity index is 2740. The number of thiophene rings is 2. The predicted molar refractivity (Wildman–Crippen MR) is 204 cm³/mol. The van der Waals surface area contributed by atoms with Crippen molar-refractivity contribution in [3.8, 4) is 32.7 Å². The molecule has 46 heavy (non-hydrogen) atoms. The van der Waals surface area contributed by atoms with E-state index in [0.717, 1.165) is 0 Å². The number of benzene rings is 8. The number of rotatable bonds is 3. The van der Waals surface area contributed by atoms with Crippen LogP contribution in [-0.2, 0) is 0 Å². The molecular weight excluding hydrogens is 593 g/mol. The van der Waals surface area contributed by atoms with Crippen molar-refractivity contribution >= 4 is 85.2 Å². The molecule has 0 bridgehead atoms. The lowest BCUT2D eigenvalue weighted by Gasteiger charge is -2.19. The van der Waals surface area contributed by atoms with E-state index in [2.05, 4.69) is 158 Å². The van der Waals surface area contributed by atoms with Gasteiger partial charge in [0, 0.05) is 35.3 Å². The molecular formula is C44H26S2. The van der Waals surface area contributed by atoms with Crippen molar-refractivity contribution < 1.29 is 0 Å². The van der Waals surface area contributed by atoms with E-state index in [0.29, 0.717) is 0 Å². The summed E-state index contributed by atoms with van der Waals surface area (Å²) < 4.78 is 4.08.